The lowest BCUT2D eigenvalue weighted by atomic mass is 10.1. The number of amides is 1. The van der Waals surface area contributed by atoms with E-state index in [9.17, 15) is 17.6 Å². The third-order valence-corrected chi connectivity index (χ3v) is 6.06. The Labute approximate surface area is 162 Å². The summed E-state index contributed by atoms with van der Waals surface area (Å²) in [4.78, 5) is 13.9. The van der Waals surface area contributed by atoms with Crippen molar-refractivity contribution in [2.75, 3.05) is 17.8 Å². The van der Waals surface area contributed by atoms with Crippen LogP contribution in [0.5, 0.6) is 0 Å². The number of carbonyl (C=O) groups is 1. The first-order valence-corrected chi connectivity index (χ1v) is 10.1. The number of nitrogens with one attached hydrogen (secondary N) is 2. The van der Waals surface area contributed by atoms with Crippen LogP contribution >= 0.6 is 0 Å². The summed E-state index contributed by atoms with van der Waals surface area (Å²) in [5, 5.41) is 11.5. The van der Waals surface area contributed by atoms with Crippen LogP contribution in [0.3, 0.4) is 0 Å². The number of rotatable bonds is 5. The summed E-state index contributed by atoms with van der Waals surface area (Å²) in [6.45, 7) is 2.60. The van der Waals surface area contributed by atoms with Gasteiger partial charge in [0.15, 0.2) is 6.19 Å². The van der Waals surface area contributed by atoms with Crippen molar-refractivity contribution in [3.63, 3.8) is 0 Å². The number of benzene rings is 2. The van der Waals surface area contributed by atoms with Crippen LogP contribution in [0.1, 0.15) is 22.3 Å². The lowest BCUT2D eigenvalue weighted by molar-refractivity contribution is 0.0935. The Morgan fingerprint density at radius 3 is 2.68 bits per heavy atom. The molecule has 2 aromatic rings. The van der Waals surface area contributed by atoms with Crippen LogP contribution in [-0.4, -0.2) is 38.4 Å². The van der Waals surface area contributed by atoms with Crippen molar-refractivity contribution in [1.82, 2.24) is 10.2 Å². The van der Waals surface area contributed by atoms with Gasteiger partial charge in [-0.3, -0.25) is 9.52 Å². The molecule has 1 aliphatic heterocycles. The third kappa shape index (κ3) is 4.23. The average Bonchev–Trinajstić information content (AvgIpc) is 3.09. The number of nitrogens with zero attached hydrogens (tertiary/aromatic N) is 2. The van der Waals surface area contributed by atoms with Crippen molar-refractivity contribution in [2.24, 2.45) is 0 Å². The van der Waals surface area contributed by atoms with Crippen LogP contribution in [0.25, 0.3) is 0 Å². The Morgan fingerprint density at radius 2 is 2.04 bits per heavy atom. The number of anilines is 1. The van der Waals surface area contributed by atoms with E-state index in [0.717, 1.165) is 6.07 Å². The predicted molar refractivity (Wildman–Crippen MR) is 101 cm³/mol. The van der Waals surface area contributed by atoms with Gasteiger partial charge in [-0.1, -0.05) is 18.2 Å². The van der Waals surface area contributed by atoms with Gasteiger partial charge in [0.1, 0.15) is 5.82 Å². The van der Waals surface area contributed by atoms with E-state index < -0.39 is 21.7 Å². The standard InChI is InChI=1S/C19H19FN4O3S/c1-13-4-2-3-5-18(13)28(26,27)23-14-6-7-16(17(20)10-14)19(25)22-15-8-9-24(11-15)12-21/h2-7,10,15,23H,8-9,11H2,1H3,(H,22,25)/t15-/m1/s1. The molecule has 9 heteroatoms. The predicted octanol–water partition coefficient (Wildman–Crippen LogP) is 2.22. The highest BCUT2D eigenvalue weighted by Crippen LogP contribution is 2.21. The van der Waals surface area contributed by atoms with E-state index in [1.807, 2.05) is 6.19 Å². The van der Waals surface area contributed by atoms with E-state index in [1.165, 1.54) is 23.1 Å². The van der Waals surface area contributed by atoms with Gasteiger partial charge in [-0.2, -0.15) is 5.26 Å². The van der Waals surface area contributed by atoms with Crippen molar-refractivity contribution in [3.8, 4) is 6.19 Å². The molecule has 3 rings (SSSR count). The van der Waals surface area contributed by atoms with Gasteiger partial charge in [-0.25, -0.2) is 12.8 Å². The lowest BCUT2D eigenvalue weighted by Crippen LogP contribution is -2.36. The zero-order valence-electron chi connectivity index (χ0n) is 15.1. The summed E-state index contributed by atoms with van der Waals surface area (Å²) in [6, 6.07) is 9.77. The Kier molecular flexibility index (Phi) is 5.51. The maximum atomic E-state index is 14.4. The van der Waals surface area contributed by atoms with Gasteiger partial charge in [-0.05, 0) is 43.2 Å². The van der Waals surface area contributed by atoms with Crippen LogP contribution in [0.15, 0.2) is 47.4 Å². The SMILES string of the molecule is Cc1ccccc1S(=O)(=O)Nc1ccc(C(=O)N[C@@H]2CCN(C#N)C2)c(F)c1. The Morgan fingerprint density at radius 1 is 1.29 bits per heavy atom. The molecule has 28 heavy (non-hydrogen) atoms. The first-order chi connectivity index (χ1) is 13.3. The summed E-state index contributed by atoms with van der Waals surface area (Å²) in [7, 11) is -3.87. The van der Waals surface area contributed by atoms with Gasteiger partial charge >= 0.3 is 0 Å². The minimum atomic E-state index is -3.87. The summed E-state index contributed by atoms with van der Waals surface area (Å²) in [5.41, 5.74) is 0.400. The number of aryl methyl sites for hydroxylation is 1. The number of sulfonamides is 1. The molecule has 1 fully saturated rings. The molecule has 7 nitrogen and oxygen atoms in total. The molecular weight excluding hydrogens is 383 g/mol. The van der Waals surface area contributed by atoms with Crippen LogP contribution in [0.4, 0.5) is 10.1 Å². The lowest BCUT2D eigenvalue weighted by Gasteiger charge is -2.14. The number of carbonyl (C=O) groups excluding carboxylic acids is 1. The summed E-state index contributed by atoms with van der Waals surface area (Å²) >= 11 is 0. The maximum Gasteiger partial charge on any atom is 0.262 e. The molecule has 1 saturated heterocycles. The highest BCUT2D eigenvalue weighted by atomic mass is 32.2. The number of hydrogen-bond acceptors (Lipinski definition) is 5. The zero-order valence-corrected chi connectivity index (χ0v) is 16.0. The Bertz CT molecular complexity index is 1050. The van der Waals surface area contributed by atoms with E-state index in [4.69, 9.17) is 5.26 Å². The molecule has 2 N–H and O–H groups in total. The van der Waals surface area contributed by atoms with Gasteiger partial charge in [0.25, 0.3) is 15.9 Å². The Balaban J connectivity index is 1.73. The van der Waals surface area contributed by atoms with E-state index >= 15 is 0 Å². The normalized spacial score (nSPS) is 16.5. The van der Waals surface area contributed by atoms with Gasteiger partial charge in [-0.15, -0.1) is 0 Å². The molecule has 2 aromatic carbocycles. The quantitative estimate of drug-likeness (QED) is 0.747. The average molecular weight is 402 g/mol. The van der Waals surface area contributed by atoms with Crippen molar-refractivity contribution < 1.29 is 17.6 Å². The first kappa shape index (κ1) is 19.6. The molecule has 0 aromatic heterocycles. The van der Waals surface area contributed by atoms with E-state index in [1.54, 1.807) is 25.1 Å². The van der Waals surface area contributed by atoms with E-state index in [0.29, 0.717) is 25.1 Å². The van der Waals surface area contributed by atoms with Crippen molar-refractivity contribution in [2.45, 2.75) is 24.3 Å². The van der Waals surface area contributed by atoms with Gasteiger partial charge < -0.3 is 10.2 Å². The first-order valence-electron chi connectivity index (χ1n) is 8.63. The number of nitriles is 1. The number of likely N-dealkylation sites (tertiary alicyclic amines) is 1. The maximum absolute atomic E-state index is 14.4. The number of hydrogen-bond donors (Lipinski definition) is 2. The highest BCUT2D eigenvalue weighted by molar-refractivity contribution is 7.92. The molecule has 146 valence electrons. The second-order valence-corrected chi connectivity index (χ2v) is 8.22. The number of halogens is 1. The molecule has 0 radical (unpaired) electrons. The fraction of sp³-hybridized carbons (Fsp3) is 0.263. The third-order valence-electron chi connectivity index (χ3n) is 4.51. The Hall–Kier alpha value is -3.12. The van der Waals surface area contributed by atoms with Crippen molar-refractivity contribution >= 4 is 21.6 Å². The van der Waals surface area contributed by atoms with Crippen molar-refractivity contribution in [1.29, 1.82) is 5.26 Å². The topological polar surface area (TPSA) is 102 Å². The molecular formula is C19H19FN4O3S. The second-order valence-electron chi connectivity index (χ2n) is 6.57. The molecule has 0 saturated carbocycles. The minimum Gasteiger partial charge on any atom is -0.347 e. The molecule has 0 spiro atoms. The largest absolute Gasteiger partial charge is 0.347 e. The molecule has 1 heterocycles. The summed E-state index contributed by atoms with van der Waals surface area (Å²) in [6.07, 6.45) is 2.61. The summed E-state index contributed by atoms with van der Waals surface area (Å²) in [5.74, 6) is -1.44. The van der Waals surface area contributed by atoms with E-state index in [2.05, 4.69) is 10.0 Å². The van der Waals surface area contributed by atoms with E-state index in [-0.39, 0.29) is 22.2 Å². The van der Waals surface area contributed by atoms with Gasteiger partial charge in [0.2, 0.25) is 0 Å². The highest BCUT2D eigenvalue weighted by Gasteiger charge is 2.25. The summed E-state index contributed by atoms with van der Waals surface area (Å²) < 4.78 is 41.7. The monoisotopic (exact) mass is 402 g/mol. The molecule has 0 bridgehead atoms. The fourth-order valence-electron chi connectivity index (χ4n) is 3.06. The molecule has 1 atom stereocenters. The van der Waals surface area contributed by atoms with Gasteiger partial charge in [0, 0.05) is 19.1 Å². The molecule has 1 aliphatic rings. The second kappa shape index (κ2) is 7.86. The van der Waals surface area contributed by atoms with Crippen LogP contribution in [0.2, 0.25) is 0 Å². The van der Waals surface area contributed by atoms with Crippen LogP contribution < -0.4 is 10.0 Å². The van der Waals surface area contributed by atoms with Crippen molar-refractivity contribution in [3.05, 3.63) is 59.4 Å². The zero-order chi connectivity index (χ0) is 20.3. The minimum absolute atomic E-state index is 0.0221. The smallest absolute Gasteiger partial charge is 0.262 e. The fourth-order valence-corrected chi connectivity index (χ4v) is 4.36. The molecule has 1 amide bonds. The van der Waals surface area contributed by atoms with Crippen LogP contribution in [-0.2, 0) is 10.0 Å². The molecule has 0 aliphatic carbocycles. The molecule has 0 unspecified atom stereocenters. The van der Waals surface area contributed by atoms with Gasteiger partial charge in [0.05, 0.1) is 16.1 Å². The van der Waals surface area contributed by atoms with Crippen LogP contribution in [0, 0.1) is 24.2 Å².